The molecule has 2 aromatic heterocycles. The Hall–Kier alpha value is -2.77. The topological polar surface area (TPSA) is 95.1 Å². The van der Waals surface area contributed by atoms with Crippen LogP contribution < -0.4 is 0 Å². The molecule has 0 aliphatic carbocycles. The molecule has 2 amide bonds. The van der Waals surface area contributed by atoms with Crippen LogP contribution in [0.15, 0.2) is 18.5 Å². The van der Waals surface area contributed by atoms with Crippen molar-refractivity contribution in [3.63, 3.8) is 0 Å². The fourth-order valence-electron chi connectivity index (χ4n) is 3.28. The van der Waals surface area contributed by atoms with Crippen LogP contribution in [0.5, 0.6) is 0 Å². The van der Waals surface area contributed by atoms with E-state index < -0.39 is 0 Å². The summed E-state index contributed by atoms with van der Waals surface area (Å²) < 4.78 is 0. The van der Waals surface area contributed by atoms with E-state index in [1.807, 2.05) is 6.07 Å². The van der Waals surface area contributed by atoms with Crippen LogP contribution in [-0.4, -0.2) is 61.9 Å². The molecule has 27 heavy (non-hydrogen) atoms. The van der Waals surface area contributed by atoms with Crippen LogP contribution in [0.3, 0.4) is 0 Å². The van der Waals surface area contributed by atoms with Gasteiger partial charge in [0.05, 0.1) is 17.9 Å². The highest BCUT2D eigenvalue weighted by atomic mass is 16.2. The predicted molar refractivity (Wildman–Crippen MR) is 100 cm³/mol. The number of carbonyl (C=O) groups excluding carboxylic acids is 2. The van der Waals surface area contributed by atoms with Crippen LogP contribution in [0.4, 0.5) is 0 Å². The van der Waals surface area contributed by atoms with Gasteiger partial charge in [-0.3, -0.25) is 14.7 Å². The van der Waals surface area contributed by atoms with Crippen molar-refractivity contribution in [2.75, 3.05) is 20.1 Å². The van der Waals surface area contributed by atoms with Gasteiger partial charge in [0.1, 0.15) is 0 Å². The van der Waals surface area contributed by atoms with E-state index in [0.29, 0.717) is 19.6 Å². The second-order valence-electron chi connectivity index (χ2n) is 6.90. The number of aromatic nitrogens is 4. The van der Waals surface area contributed by atoms with E-state index in [9.17, 15) is 9.59 Å². The second-order valence-corrected chi connectivity index (χ2v) is 6.90. The fourth-order valence-corrected chi connectivity index (χ4v) is 3.28. The van der Waals surface area contributed by atoms with Crippen LogP contribution in [0, 0.1) is 0 Å². The third-order valence-corrected chi connectivity index (χ3v) is 4.69. The summed E-state index contributed by atoms with van der Waals surface area (Å²) in [7, 11) is 1.69. The van der Waals surface area contributed by atoms with Crippen LogP contribution in [0.2, 0.25) is 0 Å². The van der Waals surface area contributed by atoms with Gasteiger partial charge in [-0.05, 0) is 31.7 Å². The van der Waals surface area contributed by atoms with E-state index in [2.05, 4.69) is 27.1 Å². The fraction of sp³-hybridized carbons (Fsp3) is 0.526. The number of hydrogen-bond donors (Lipinski definition) is 1. The number of likely N-dealkylation sites (tertiary alicyclic amines) is 1. The van der Waals surface area contributed by atoms with Gasteiger partial charge in [0, 0.05) is 32.5 Å². The lowest BCUT2D eigenvalue weighted by molar-refractivity contribution is 0.0696. The summed E-state index contributed by atoms with van der Waals surface area (Å²) in [6.07, 6.45) is 7.91. The van der Waals surface area contributed by atoms with Gasteiger partial charge in [-0.2, -0.15) is 5.10 Å². The summed E-state index contributed by atoms with van der Waals surface area (Å²) in [6.45, 7) is 3.86. The Labute approximate surface area is 159 Å². The largest absolute Gasteiger partial charge is 0.337 e. The molecule has 144 valence electrons. The molecule has 0 bridgehead atoms. The maximum atomic E-state index is 12.9. The molecule has 1 fully saturated rings. The highest BCUT2D eigenvalue weighted by Crippen LogP contribution is 2.15. The van der Waals surface area contributed by atoms with Gasteiger partial charge in [0.2, 0.25) is 0 Å². The average molecular weight is 370 g/mol. The minimum atomic E-state index is -0.324. The average Bonchev–Trinajstić information content (AvgIpc) is 3.14. The van der Waals surface area contributed by atoms with E-state index >= 15 is 0 Å². The number of piperidine rings is 1. The van der Waals surface area contributed by atoms with E-state index in [1.54, 1.807) is 11.9 Å². The third kappa shape index (κ3) is 4.50. The number of rotatable bonds is 6. The van der Waals surface area contributed by atoms with E-state index in [4.69, 9.17) is 0 Å². The number of aromatic amines is 1. The van der Waals surface area contributed by atoms with Crippen LogP contribution in [0.25, 0.3) is 0 Å². The molecular formula is C19H26N6O2. The van der Waals surface area contributed by atoms with Crippen molar-refractivity contribution < 1.29 is 9.59 Å². The lowest BCUT2D eigenvalue weighted by Gasteiger charge is -2.27. The smallest absolute Gasteiger partial charge is 0.275 e. The molecule has 0 radical (unpaired) electrons. The maximum absolute atomic E-state index is 12.9. The lowest BCUT2D eigenvalue weighted by atomic mass is 10.1. The molecule has 1 N–H and O–H groups in total. The molecule has 1 aliphatic rings. The first-order valence-corrected chi connectivity index (χ1v) is 9.49. The Morgan fingerprint density at radius 2 is 1.85 bits per heavy atom. The first kappa shape index (κ1) is 19.0. The number of nitrogens with zero attached hydrogens (tertiary/aromatic N) is 5. The van der Waals surface area contributed by atoms with Crippen molar-refractivity contribution in [2.45, 2.75) is 45.6 Å². The van der Waals surface area contributed by atoms with Crippen molar-refractivity contribution in [3.05, 3.63) is 41.2 Å². The van der Waals surface area contributed by atoms with Crippen LogP contribution >= 0.6 is 0 Å². The quantitative estimate of drug-likeness (QED) is 0.840. The summed E-state index contributed by atoms with van der Waals surface area (Å²) in [5.41, 5.74) is 2.06. The van der Waals surface area contributed by atoms with Gasteiger partial charge in [0.25, 0.3) is 11.8 Å². The Morgan fingerprint density at radius 1 is 1.15 bits per heavy atom. The third-order valence-electron chi connectivity index (χ3n) is 4.69. The molecule has 0 atom stereocenters. The molecule has 3 heterocycles. The van der Waals surface area contributed by atoms with Crippen molar-refractivity contribution in [1.29, 1.82) is 0 Å². The number of aryl methyl sites for hydroxylation is 1. The summed E-state index contributed by atoms with van der Waals surface area (Å²) >= 11 is 0. The minimum absolute atomic E-state index is 0.101. The zero-order valence-electron chi connectivity index (χ0n) is 15.9. The molecule has 8 heteroatoms. The molecule has 0 saturated carbocycles. The van der Waals surface area contributed by atoms with E-state index in [1.165, 1.54) is 17.3 Å². The highest BCUT2D eigenvalue weighted by molar-refractivity contribution is 6.04. The van der Waals surface area contributed by atoms with E-state index in [-0.39, 0.29) is 23.2 Å². The SMILES string of the molecule is CCCc1cc(CN(C)C(=O)c2nccnc2C(=O)N2CCCCC2)[nH]n1. The molecule has 0 spiro atoms. The van der Waals surface area contributed by atoms with Gasteiger partial charge in [-0.25, -0.2) is 9.97 Å². The monoisotopic (exact) mass is 370 g/mol. The first-order valence-electron chi connectivity index (χ1n) is 9.49. The van der Waals surface area contributed by atoms with Gasteiger partial charge >= 0.3 is 0 Å². The van der Waals surface area contributed by atoms with Crippen molar-refractivity contribution in [3.8, 4) is 0 Å². The molecule has 2 aromatic rings. The van der Waals surface area contributed by atoms with Gasteiger partial charge < -0.3 is 9.80 Å². The van der Waals surface area contributed by atoms with Crippen LogP contribution in [-0.2, 0) is 13.0 Å². The Bertz CT molecular complexity index is 797. The van der Waals surface area contributed by atoms with Gasteiger partial charge in [-0.15, -0.1) is 0 Å². The second kappa shape index (κ2) is 8.75. The summed E-state index contributed by atoms with van der Waals surface area (Å²) in [5.74, 6) is -0.540. The number of H-pyrrole nitrogens is 1. The number of hydrogen-bond acceptors (Lipinski definition) is 5. The van der Waals surface area contributed by atoms with Gasteiger partial charge in [-0.1, -0.05) is 13.3 Å². The Kier molecular flexibility index (Phi) is 6.16. The number of nitrogens with one attached hydrogen (secondary N) is 1. The maximum Gasteiger partial charge on any atom is 0.275 e. The highest BCUT2D eigenvalue weighted by Gasteiger charge is 2.27. The Balaban J connectivity index is 1.74. The van der Waals surface area contributed by atoms with Crippen molar-refractivity contribution in [2.24, 2.45) is 0 Å². The van der Waals surface area contributed by atoms with Crippen LogP contribution in [0.1, 0.15) is 65.0 Å². The molecular weight excluding hydrogens is 344 g/mol. The molecule has 3 rings (SSSR count). The van der Waals surface area contributed by atoms with Gasteiger partial charge in [0.15, 0.2) is 11.4 Å². The molecule has 0 unspecified atom stereocenters. The Morgan fingerprint density at radius 3 is 2.56 bits per heavy atom. The summed E-state index contributed by atoms with van der Waals surface area (Å²) in [4.78, 5) is 37.4. The lowest BCUT2D eigenvalue weighted by Crippen LogP contribution is -2.38. The summed E-state index contributed by atoms with van der Waals surface area (Å²) in [6, 6.07) is 1.96. The zero-order valence-corrected chi connectivity index (χ0v) is 15.9. The van der Waals surface area contributed by atoms with Crippen molar-refractivity contribution in [1.82, 2.24) is 30.0 Å². The first-order chi connectivity index (χ1) is 13.1. The zero-order chi connectivity index (χ0) is 19.2. The molecule has 8 nitrogen and oxygen atoms in total. The normalized spacial score (nSPS) is 14.2. The molecule has 0 aromatic carbocycles. The van der Waals surface area contributed by atoms with E-state index in [0.717, 1.165) is 43.5 Å². The van der Waals surface area contributed by atoms with Crippen molar-refractivity contribution >= 4 is 11.8 Å². The predicted octanol–water partition coefficient (Wildman–Crippen LogP) is 2.05. The number of carbonyl (C=O) groups is 2. The minimum Gasteiger partial charge on any atom is -0.337 e. The molecule has 1 saturated heterocycles. The molecule has 1 aliphatic heterocycles. The number of amides is 2. The summed E-state index contributed by atoms with van der Waals surface area (Å²) in [5, 5.41) is 7.21. The standard InChI is InChI=1S/C19H26N6O2/c1-3-7-14-12-15(23-22-14)13-24(2)18(26)16-17(21-9-8-20-16)19(27)25-10-5-4-6-11-25/h8-9,12H,3-7,10-11,13H2,1-2H3,(H,22,23).